The lowest BCUT2D eigenvalue weighted by atomic mass is 10.0. The molecule has 8 nitrogen and oxygen atoms in total. The number of fused-ring (bicyclic) bond motifs is 1. The number of imide groups is 1. The van der Waals surface area contributed by atoms with Crippen molar-refractivity contribution in [2.75, 3.05) is 39.8 Å². The van der Waals surface area contributed by atoms with Gasteiger partial charge in [-0.05, 0) is 30.9 Å². The maximum absolute atomic E-state index is 12.9. The maximum atomic E-state index is 12.9. The Hall–Kier alpha value is -2.61. The van der Waals surface area contributed by atoms with E-state index in [1.165, 1.54) is 16.7 Å². The van der Waals surface area contributed by atoms with Gasteiger partial charge in [0.15, 0.2) is 18.2 Å². The summed E-state index contributed by atoms with van der Waals surface area (Å²) in [5, 5.41) is 2.50. The minimum Gasteiger partial charge on any atom is -0.340 e. The predicted octanol–water partition coefficient (Wildman–Crippen LogP) is 1.62. The van der Waals surface area contributed by atoms with Gasteiger partial charge < -0.3 is 14.7 Å². The summed E-state index contributed by atoms with van der Waals surface area (Å²) in [5.41, 5.74) is 3.56. The molecule has 2 unspecified atom stereocenters. The van der Waals surface area contributed by atoms with Gasteiger partial charge in [-0.15, -0.1) is 0 Å². The van der Waals surface area contributed by atoms with E-state index in [2.05, 4.69) is 65.9 Å². The molecule has 1 aromatic rings. The highest BCUT2D eigenvalue weighted by Gasteiger charge is 2.49. The van der Waals surface area contributed by atoms with Gasteiger partial charge in [0.25, 0.3) is 5.91 Å². The number of carbonyl (C=O) groups excluding carboxylic acids is 2. The Morgan fingerprint density at radius 1 is 1.13 bits per heavy atom. The van der Waals surface area contributed by atoms with Crippen molar-refractivity contribution in [3.05, 3.63) is 34.9 Å². The first-order valence-corrected chi connectivity index (χ1v) is 11.2. The van der Waals surface area contributed by atoms with Crippen LogP contribution in [0.5, 0.6) is 0 Å². The monoisotopic (exact) mass is 426 g/mol. The highest BCUT2D eigenvalue weighted by atomic mass is 16.2. The van der Waals surface area contributed by atoms with Gasteiger partial charge in [0, 0.05) is 46.3 Å². The first-order chi connectivity index (χ1) is 14.7. The van der Waals surface area contributed by atoms with Crippen molar-refractivity contribution in [1.29, 1.82) is 0 Å². The van der Waals surface area contributed by atoms with Gasteiger partial charge in [0.2, 0.25) is 0 Å². The first kappa shape index (κ1) is 21.6. The number of nitrogens with zero attached hydrogens (tertiary/aromatic N) is 5. The molecule has 0 bridgehead atoms. The van der Waals surface area contributed by atoms with E-state index in [1.807, 2.05) is 0 Å². The number of aliphatic imine (C=N–C) groups is 1. The van der Waals surface area contributed by atoms with Gasteiger partial charge in [0.1, 0.15) is 0 Å². The number of likely N-dealkylation sites (N-methyl/N-ethyl adjacent to an activating group) is 1. The van der Waals surface area contributed by atoms with Crippen LogP contribution in [0.4, 0.5) is 4.79 Å². The molecule has 31 heavy (non-hydrogen) atoms. The number of piperazine rings is 1. The van der Waals surface area contributed by atoms with E-state index in [0.717, 1.165) is 38.7 Å². The van der Waals surface area contributed by atoms with Crippen molar-refractivity contribution in [3.63, 3.8) is 0 Å². The highest BCUT2D eigenvalue weighted by molar-refractivity contribution is 6.03. The first-order valence-electron chi connectivity index (χ1n) is 11.2. The smallest absolute Gasteiger partial charge is 0.325 e. The van der Waals surface area contributed by atoms with E-state index < -0.39 is 12.2 Å². The lowest BCUT2D eigenvalue weighted by Crippen LogP contribution is -2.64. The second-order valence-electron chi connectivity index (χ2n) is 9.43. The SMILES string of the molecule is Cc1ccc(C)c(CN2C(N3CCN(CC(C)C)CC3)=NC3C2C(=O)NC(=O)N3C)c1. The number of benzene rings is 1. The fourth-order valence-electron chi connectivity index (χ4n) is 4.74. The molecule has 3 aliphatic heterocycles. The number of nitrogens with one attached hydrogen (secondary N) is 1. The van der Waals surface area contributed by atoms with Crippen LogP contribution >= 0.6 is 0 Å². The second-order valence-corrected chi connectivity index (χ2v) is 9.43. The Labute approximate surface area is 184 Å². The van der Waals surface area contributed by atoms with Crippen LogP contribution in [-0.2, 0) is 11.3 Å². The van der Waals surface area contributed by atoms with Crippen molar-refractivity contribution in [2.24, 2.45) is 10.9 Å². The molecule has 1 aromatic carbocycles. The van der Waals surface area contributed by atoms with Crippen LogP contribution in [0.3, 0.4) is 0 Å². The zero-order valence-electron chi connectivity index (χ0n) is 19.3. The zero-order valence-corrected chi connectivity index (χ0v) is 19.3. The lowest BCUT2D eigenvalue weighted by molar-refractivity contribution is -0.127. The summed E-state index contributed by atoms with van der Waals surface area (Å²) in [4.78, 5) is 38.5. The van der Waals surface area contributed by atoms with Gasteiger partial charge in [-0.3, -0.25) is 15.0 Å². The largest absolute Gasteiger partial charge is 0.340 e. The molecule has 0 saturated carbocycles. The van der Waals surface area contributed by atoms with Crippen LogP contribution in [-0.4, -0.2) is 89.5 Å². The molecule has 0 aliphatic carbocycles. The van der Waals surface area contributed by atoms with Gasteiger partial charge >= 0.3 is 6.03 Å². The van der Waals surface area contributed by atoms with E-state index in [-0.39, 0.29) is 11.9 Å². The molecule has 2 atom stereocenters. The van der Waals surface area contributed by atoms with Gasteiger partial charge in [-0.25, -0.2) is 9.79 Å². The number of amides is 3. The maximum Gasteiger partial charge on any atom is 0.325 e. The summed E-state index contributed by atoms with van der Waals surface area (Å²) < 4.78 is 0. The minimum absolute atomic E-state index is 0.268. The molecule has 0 aromatic heterocycles. The molecule has 2 fully saturated rings. The van der Waals surface area contributed by atoms with Crippen molar-refractivity contribution in [1.82, 2.24) is 24.9 Å². The molecule has 2 saturated heterocycles. The Morgan fingerprint density at radius 2 is 1.84 bits per heavy atom. The van der Waals surface area contributed by atoms with Crippen molar-refractivity contribution in [3.8, 4) is 0 Å². The Morgan fingerprint density at radius 3 is 2.52 bits per heavy atom. The normalized spacial score (nSPS) is 24.6. The fraction of sp³-hybridized carbons (Fsp3) is 0.609. The summed E-state index contributed by atoms with van der Waals surface area (Å²) in [6.07, 6.45) is -0.491. The number of hydrogen-bond donors (Lipinski definition) is 1. The van der Waals surface area contributed by atoms with E-state index in [4.69, 9.17) is 4.99 Å². The summed E-state index contributed by atoms with van der Waals surface area (Å²) >= 11 is 0. The quantitative estimate of drug-likeness (QED) is 0.792. The molecular weight excluding hydrogens is 392 g/mol. The van der Waals surface area contributed by atoms with Gasteiger partial charge in [-0.2, -0.15) is 0 Å². The number of carbonyl (C=O) groups is 2. The number of aryl methyl sites for hydroxylation is 2. The second kappa shape index (κ2) is 8.49. The average molecular weight is 427 g/mol. The molecule has 8 heteroatoms. The molecule has 0 radical (unpaired) electrons. The molecule has 3 amide bonds. The van der Waals surface area contributed by atoms with Gasteiger partial charge in [0.05, 0.1) is 0 Å². The third-order valence-electron chi connectivity index (χ3n) is 6.46. The minimum atomic E-state index is -0.508. The molecular formula is C23H34N6O2. The fourth-order valence-corrected chi connectivity index (χ4v) is 4.74. The van der Waals surface area contributed by atoms with Crippen LogP contribution in [0.25, 0.3) is 0 Å². The molecule has 3 heterocycles. The van der Waals surface area contributed by atoms with Crippen molar-refractivity contribution in [2.45, 2.75) is 46.4 Å². The van der Waals surface area contributed by atoms with E-state index in [1.54, 1.807) is 11.9 Å². The molecule has 0 spiro atoms. The molecule has 3 aliphatic rings. The van der Waals surface area contributed by atoms with E-state index >= 15 is 0 Å². The summed E-state index contributed by atoms with van der Waals surface area (Å²) in [6, 6.07) is 5.51. The summed E-state index contributed by atoms with van der Waals surface area (Å²) in [6.45, 7) is 14.0. The van der Waals surface area contributed by atoms with Gasteiger partial charge in [-0.1, -0.05) is 37.6 Å². The standard InChI is InChI=1S/C23H34N6O2/c1-15(2)13-27-8-10-28(11-9-27)22-24-20-19(21(30)25-23(31)26(20)5)29(22)14-18-12-16(3)6-7-17(18)4/h6-7,12,15,19-20H,8-11,13-14H2,1-5H3,(H,25,30,31). The third kappa shape index (κ3) is 4.26. The van der Waals surface area contributed by atoms with Crippen LogP contribution in [0.2, 0.25) is 0 Å². The van der Waals surface area contributed by atoms with E-state index in [0.29, 0.717) is 12.5 Å². The molecule has 1 N–H and O–H groups in total. The van der Waals surface area contributed by atoms with Crippen LogP contribution < -0.4 is 5.32 Å². The third-order valence-corrected chi connectivity index (χ3v) is 6.46. The highest BCUT2D eigenvalue weighted by Crippen LogP contribution is 2.28. The number of hydrogen-bond acceptors (Lipinski definition) is 6. The van der Waals surface area contributed by atoms with Crippen molar-refractivity contribution < 1.29 is 9.59 Å². The van der Waals surface area contributed by atoms with E-state index in [9.17, 15) is 9.59 Å². The Kier molecular flexibility index (Phi) is 5.92. The predicted molar refractivity (Wildman–Crippen MR) is 121 cm³/mol. The van der Waals surface area contributed by atoms with Crippen molar-refractivity contribution >= 4 is 17.9 Å². The average Bonchev–Trinajstić information content (AvgIpc) is 3.09. The Balaban J connectivity index is 1.61. The zero-order chi connectivity index (χ0) is 22.3. The summed E-state index contributed by atoms with van der Waals surface area (Å²) in [7, 11) is 1.71. The number of guanidine groups is 1. The van der Waals surface area contributed by atoms with Crippen LogP contribution in [0.15, 0.2) is 23.2 Å². The Bertz CT molecular complexity index is 890. The number of urea groups is 1. The van der Waals surface area contributed by atoms with Crippen LogP contribution in [0, 0.1) is 19.8 Å². The summed E-state index contributed by atoms with van der Waals surface area (Å²) in [5.74, 6) is 1.20. The lowest BCUT2D eigenvalue weighted by Gasteiger charge is -2.41. The topological polar surface area (TPSA) is 71.5 Å². The number of rotatable bonds is 4. The van der Waals surface area contributed by atoms with Crippen LogP contribution in [0.1, 0.15) is 30.5 Å². The molecule has 4 rings (SSSR count). The molecule has 168 valence electrons.